The third kappa shape index (κ3) is 4.02. The normalized spacial score (nSPS) is 10.6. The molecule has 148 valence electrons. The standard InChI is InChI=1S/C26H19N5/c1-2-10-22(11-3-1)31(23-12-4-8-20(18-23)25-27-14-6-15-28-25)24-13-5-9-21(19-24)26-29-16-7-17-30-26/h1-19H. The van der Waals surface area contributed by atoms with Crippen LogP contribution in [0.5, 0.6) is 0 Å². The van der Waals surface area contributed by atoms with Gasteiger partial charge in [0.1, 0.15) is 0 Å². The van der Waals surface area contributed by atoms with Crippen molar-refractivity contribution in [2.45, 2.75) is 0 Å². The molecule has 0 N–H and O–H groups in total. The van der Waals surface area contributed by atoms with Crippen LogP contribution in [0.25, 0.3) is 22.8 Å². The van der Waals surface area contributed by atoms with Crippen LogP contribution in [-0.4, -0.2) is 19.9 Å². The molecule has 0 radical (unpaired) electrons. The summed E-state index contributed by atoms with van der Waals surface area (Å²) in [6, 6.07) is 30.4. The van der Waals surface area contributed by atoms with Gasteiger partial charge in [-0.05, 0) is 48.5 Å². The van der Waals surface area contributed by atoms with Crippen LogP contribution in [0.1, 0.15) is 0 Å². The van der Waals surface area contributed by atoms with Gasteiger partial charge in [0, 0.05) is 53.0 Å². The molecule has 0 aliphatic carbocycles. The van der Waals surface area contributed by atoms with Gasteiger partial charge in [0.2, 0.25) is 0 Å². The second-order valence-corrected chi connectivity index (χ2v) is 6.92. The first kappa shape index (κ1) is 18.6. The summed E-state index contributed by atoms with van der Waals surface area (Å²) in [6.45, 7) is 0. The van der Waals surface area contributed by atoms with Crippen LogP contribution >= 0.6 is 0 Å². The van der Waals surface area contributed by atoms with Crippen molar-refractivity contribution in [2.24, 2.45) is 0 Å². The summed E-state index contributed by atoms with van der Waals surface area (Å²) in [6.07, 6.45) is 7.03. The lowest BCUT2D eigenvalue weighted by Crippen LogP contribution is -2.10. The Balaban J connectivity index is 1.63. The highest BCUT2D eigenvalue weighted by atomic mass is 15.1. The second kappa shape index (κ2) is 8.55. The molecule has 0 aliphatic heterocycles. The summed E-state index contributed by atoms with van der Waals surface area (Å²) < 4.78 is 0. The molecular formula is C26H19N5. The van der Waals surface area contributed by atoms with E-state index >= 15 is 0 Å². The Hall–Kier alpha value is -4.38. The molecule has 0 bridgehead atoms. The predicted octanol–water partition coefficient (Wildman–Crippen LogP) is 6.07. The first-order valence-corrected chi connectivity index (χ1v) is 9.98. The third-order valence-corrected chi connectivity index (χ3v) is 4.87. The maximum atomic E-state index is 4.40. The number of rotatable bonds is 5. The van der Waals surface area contributed by atoms with Crippen LogP contribution in [0.15, 0.2) is 116 Å². The van der Waals surface area contributed by atoms with Gasteiger partial charge in [-0.15, -0.1) is 0 Å². The molecule has 3 aromatic carbocycles. The quantitative estimate of drug-likeness (QED) is 0.358. The molecule has 5 nitrogen and oxygen atoms in total. The molecule has 2 aromatic heterocycles. The summed E-state index contributed by atoms with van der Waals surface area (Å²) in [7, 11) is 0. The van der Waals surface area contributed by atoms with Crippen molar-refractivity contribution in [1.82, 2.24) is 19.9 Å². The van der Waals surface area contributed by atoms with Gasteiger partial charge in [-0.25, -0.2) is 19.9 Å². The van der Waals surface area contributed by atoms with Gasteiger partial charge in [0.05, 0.1) is 0 Å². The van der Waals surface area contributed by atoms with Gasteiger partial charge in [-0.2, -0.15) is 0 Å². The molecule has 2 heterocycles. The largest absolute Gasteiger partial charge is 0.310 e. The van der Waals surface area contributed by atoms with Crippen molar-refractivity contribution >= 4 is 17.1 Å². The van der Waals surface area contributed by atoms with Crippen LogP contribution < -0.4 is 4.90 Å². The molecule has 0 fully saturated rings. The first-order valence-electron chi connectivity index (χ1n) is 9.98. The molecule has 0 aliphatic rings. The highest BCUT2D eigenvalue weighted by Gasteiger charge is 2.14. The van der Waals surface area contributed by atoms with Crippen LogP contribution in [0.3, 0.4) is 0 Å². The minimum absolute atomic E-state index is 0.698. The lowest BCUT2D eigenvalue weighted by atomic mass is 10.1. The van der Waals surface area contributed by atoms with Gasteiger partial charge in [-0.3, -0.25) is 0 Å². The zero-order chi connectivity index (χ0) is 20.9. The molecule has 5 rings (SSSR count). The van der Waals surface area contributed by atoms with E-state index in [9.17, 15) is 0 Å². The average Bonchev–Trinajstić information content (AvgIpc) is 2.86. The van der Waals surface area contributed by atoms with E-state index in [4.69, 9.17) is 0 Å². The van der Waals surface area contributed by atoms with Gasteiger partial charge >= 0.3 is 0 Å². The lowest BCUT2D eigenvalue weighted by Gasteiger charge is -2.26. The smallest absolute Gasteiger partial charge is 0.159 e. The van der Waals surface area contributed by atoms with E-state index in [1.807, 2.05) is 54.6 Å². The minimum Gasteiger partial charge on any atom is -0.310 e. The lowest BCUT2D eigenvalue weighted by molar-refractivity contribution is 1.17. The number of aromatic nitrogens is 4. The Bertz CT molecular complexity index is 1190. The molecule has 0 amide bonds. The fraction of sp³-hybridized carbons (Fsp3) is 0. The van der Waals surface area contributed by atoms with Crippen molar-refractivity contribution in [3.63, 3.8) is 0 Å². The summed E-state index contributed by atoms with van der Waals surface area (Å²) in [4.78, 5) is 19.8. The fourth-order valence-corrected chi connectivity index (χ4v) is 3.49. The molecule has 0 atom stereocenters. The monoisotopic (exact) mass is 401 g/mol. The van der Waals surface area contributed by atoms with Crippen molar-refractivity contribution in [3.8, 4) is 22.8 Å². The van der Waals surface area contributed by atoms with Crippen LogP contribution in [0, 0.1) is 0 Å². The van der Waals surface area contributed by atoms with Gasteiger partial charge in [-0.1, -0.05) is 42.5 Å². The third-order valence-electron chi connectivity index (χ3n) is 4.87. The van der Waals surface area contributed by atoms with Crippen molar-refractivity contribution in [3.05, 3.63) is 116 Å². The Morgan fingerprint density at radius 1 is 0.419 bits per heavy atom. The summed E-state index contributed by atoms with van der Waals surface area (Å²) >= 11 is 0. The van der Waals surface area contributed by atoms with E-state index in [1.54, 1.807) is 24.8 Å². The van der Waals surface area contributed by atoms with Gasteiger partial charge < -0.3 is 4.90 Å². The van der Waals surface area contributed by atoms with E-state index in [0.29, 0.717) is 11.6 Å². The van der Waals surface area contributed by atoms with Crippen molar-refractivity contribution in [1.29, 1.82) is 0 Å². The maximum Gasteiger partial charge on any atom is 0.159 e. The number of anilines is 3. The topological polar surface area (TPSA) is 54.8 Å². The van der Waals surface area contributed by atoms with Crippen LogP contribution in [-0.2, 0) is 0 Å². The Morgan fingerprint density at radius 3 is 1.35 bits per heavy atom. The molecule has 0 unspecified atom stereocenters. The number of benzene rings is 3. The number of para-hydroxylation sites is 1. The van der Waals surface area contributed by atoms with E-state index < -0.39 is 0 Å². The fourth-order valence-electron chi connectivity index (χ4n) is 3.49. The summed E-state index contributed by atoms with van der Waals surface area (Å²) in [5, 5.41) is 0. The van der Waals surface area contributed by atoms with Gasteiger partial charge in [0.25, 0.3) is 0 Å². The Kier molecular flexibility index (Phi) is 5.14. The highest BCUT2D eigenvalue weighted by molar-refractivity contribution is 5.80. The highest BCUT2D eigenvalue weighted by Crippen LogP contribution is 2.37. The van der Waals surface area contributed by atoms with E-state index in [-0.39, 0.29) is 0 Å². The van der Waals surface area contributed by atoms with Gasteiger partial charge in [0.15, 0.2) is 11.6 Å². The second-order valence-electron chi connectivity index (χ2n) is 6.92. The molecular weight excluding hydrogens is 382 g/mol. The average molecular weight is 401 g/mol. The Labute approximate surface area is 180 Å². The van der Waals surface area contributed by atoms with Crippen molar-refractivity contribution < 1.29 is 0 Å². The first-order chi connectivity index (χ1) is 15.4. The van der Waals surface area contributed by atoms with E-state index in [0.717, 1.165) is 28.2 Å². The van der Waals surface area contributed by atoms with E-state index in [1.165, 1.54) is 0 Å². The summed E-state index contributed by atoms with van der Waals surface area (Å²) in [5.74, 6) is 1.40. The van der Waals surface area contributed by atoms with Crippen molar-refractivity contribution in [2.75, 3.05) is 4.90 Å². The Morgan fingerprint density at radius 2 is 0.871 bits per heavy atom. The van der Waals surface area contributed by atoms with E-state index in [2.05, 4.69) is 61.2 Å². The molecule has 5 heteroatoms. The van der Waals surface area contributed by atoms with Crippen LogP contribution in [0.2, 0.25) is 0 Å². The summed E-state index contributed by atoms with van der Waals surface area (Å²) in [5.41, 5.74) is 5.01. The SMILES string of the molecule is c1ccc(N(c2cccc(-c3ncccn3)c2)c2cccc(-c3ncccn3)c2)cc1. The zero-order valence-corrected chi connectivity index (χ0v) is 16.7. The molecule has 31 heavy (non-hydrogen) atoms. The van der Waals surface area contributed by atoms with Crippen LogP contribution in [0.4, 0.5) is 17.1 Å². The molecule has 0 saturated carbocycles. The molecule has 0 spiro atoms. The predicted molar refractivity (Wildman–Crippen MR) is 123 cm³/mol. The number of hydrogen-bond acceptors (Lipinski definition) is 5. The molecule has 5 aromatic rings. The number of nitrogens with zero attached hydrogens (tertiary/aromatic N) is 5. The molecule has 0 saturated heterocycles. The zero-order valence-electron chi connectivity index (χ0n) is 16.7. The minimum atomic E-state index is 0.698. The maximum absolute atomic E-state index is 4.40. The number of hydrogen-bond donors (Lipinski definition) is 0.